The van der Waals surface area contributed by atoms with Crippen LogP contribution in [0.4, 0.5) is 0 Å². The maximum Gasteiger partial charge on any atom is 0.232 e. The molecule has 0 aliphatic heterocycles. The Morgan fingerprint density at radius 1 is 1.29 bits per heavy atom. The predicted octanol–water partition coefficient (Wildman–Crippen LogP) is 1.50. The van der Waals surface area contributed by atoms with E-state index in [-0.39, 0.29) is 16.6 Å². The summed E-state index contributed by atoms with van der Waals surface area (Å²) in [6.45, 7) is 2.10. The lowest BCUT2D eigenvalue weighted by molar-refractivity contribution is 0.593. The topological polar surface area (TPSA) is 90.4 Å². The molecule has 2 heterocycles. The van der Waals surface area contributed by atoms with Crippen LogP contribution in [0.2, 0.25) is 0 Å². The van der Waals surface area contributed by atoms with Gasteiger partial charge in [-0.15, -0.1) is 5.10 Å². The monoisotopic (exact) mass is 322 g/mol. The van der Waals surface area contributed by atoms with Crippen molar-refractivity contribution in [1.29, 1.82) is 0 Å². The molecule has 0 unspecified atom stereocenters. The van der Waals surface area contributed by atoms with E-state index in [1.807, 2.05) is 31.2 Å². The molecular formula is C13H14N4O2S2. The Labute approximate surface area is 126 Å². The van der Waals surface area contributed by atoms with E-state index >= 15 is 0 Å². The van der Waals surface area contributed by atoms with E-state index in [1.165, 1.54) is 10.1 Å². The van der Waals surface area contributed by atoms with Gasteiger partial charge in [-0.25, -0.2) is 17.9 Å². The molecule has 0 radical (unpaired) electrons. The molecule has 0 spiro atoms. The minimum atomic E-state index is -3.40. The van der Waals surface area contributed by atoms with Crippen LogP contribution < -0.4 is 5.73 Å². The number of rotatable bonds is 4. The Hall–Kier alpha value is -1.77. The van der Waals surface area contributed by atoms with Gasteiger partial charge < -0.3 is 5.73 Å². The fourth-order valence-corrected chi connectivity index (χ4v) is 4.21. The van der Waals surface area contributed by atoms with Crippen LogP contribution in [0.5, 0.6) is 0 Å². The number of nitrogens with zero attached hydrogens (tertiary/aromatic N) is 3. The second-order valence-corrected chi connectivity index (χ2v) is 7.93. The SMILES string of the molecule is Cc1ccc(-c2cn3nc(S(=O)(=O)CCN)sc3n2)cc1. The number of benzene rings is 1. The molecule has 6 nitrogen and oxygen atoms in total. The van der Waals surface area contributed by atoms with E-state index < -0.39 is 9.84 Å². The first kappa shape index (κ1) is 14.2. The van der Waals surface area contributed by atoms with E-state index in [0.29, 0.717) is 4.96 Å². The van der Waals surface area contributed by atoms with Gasteiger partial charge in [-0.1, -0.05) is 41.2 Å². The van der Waals surface area contributed by atoms with Crippen molar-refractivity contribution < 1.29 is 8.42 Å². The lowest BCUT2D eigenvalue weighted by Gasteiger charge is -1.97. The van der Waals surface area contributed by atoms with E-state index in [0.717, 1.165) is 22.6 Å². The highest BCUT2D eigenvalue weighted by Crippen LogP contribution is 2.24. The summed E-state index contributed by atoms with van der Waals surface area (Å²) in [6.07, 6.45) is 1.73. The zero-order chi connectivity index (χ0) is 15.0. The third-order valence-electron chi connectivity index (χ3n) is 3.02. The van der Waals surface area contributed by atoms with Crippen molar-refractivity contribution in [3.05, 3.63) is 36.0 Å². The highest BCUT2D eigenvalue weighted by Gasteiger charge is 2.20. The van der Waals surface area contributed by atoms with Crippen molar-refractivity contribution in [3.8, 4) is 11.3 Å². The zero-order valence-corrected chi connectivity index (χ0v) is 13.0. The van der Waals surface area contributed by atoms with Crippen LogP contribution >= 0.6 is 11.3 Å². The van der Waals surface area contributed by atoms with Crippen LogP contribution in [0.15, 0.2) is 34.8 Å². The Balaban J connectivity index is 2.00. The quantitative estimate of drug-likeness (QED) is 0.786. The lowest BCUT2D eigenvalue weighted by Crippen LogP contribution is -2.15. The average molecular weight is 322 g/mol. The van der Waals surface area contributed by atoms with E-state index in [4.69, 9.17) is 5.73 Å². The van der Waals surface area contributed by atoms with Gasteiger partial charge in [0.05, 0.1) is 17.6 Å². The summed E-state index contributed by atoms with van der Waals surface area (Å²) < 4.78 is 25.4. The second-order valence-electron chi connectivity index (χ2n) is 4.69. The van der Waals surface area contributed by atoms with Crippen molar-refractivity contribution in [3.63, 3.8) is 0 Å². The molecular weight excluding hydrogens is 308 g/mol. The Morgan fingerprint density at radius 2 is 2.00 bits per heavy atom. The van der Waals surface area contributed by atoms with Crippen molar-refractivity contribution in [2.24, 2.45) is 5.73 Å². The smallest absolute Gasteiger partial charge is 0.232 e. The highest BCUT2D eigenvalue weighted by molar-refractivity contribution is 7.93. The first-order chi connectivity index (χ1) is 9.99. The standard InChI is InChI=1S/C13H14N4O2S2/c1-9-2-4-10(5-3-9)11-8-17-12(15-11)20-13(16-17)21(18,19)7-6-14/h2-5,8H,6-7,14H2,1H3. The molecule has 0 atom stereocenters. The van der Waals surface area contributed by atoms with Crippen LogP contribution in [-0.2, 0) is 9.84 Å². The molecule has 2 aromatic heterocycles. The third kappa shape index (κ3) is 2.69. The van der Waals surface area contributed by atoms with Crippen LogP contribution in [-0.4, -0.2) is 35.3 Å². The van der Waals surface area contributed by atoms with Crippen molar-refractivity contribution in [1.82, 2.24) is 14.6 Å². The van der Waals surface area contributed by atoms with Gasteiger partial charge in [-0.05, 0) is 6.92 Å². The molecule has 0 bridgehead atoms. The largest absolute Gasteiger partial charge is 0.329 e. The molecule has 0 aliphatic carbocycles. The van der Waals surface area contributed by atoms with Gasteiger partial charge in [0.15, 0.2) is 0 Å². The minimum Gasteiger partial charge on any atom is -0.329 e. The van der Waals surface area contributed by atoms with Crippen LogP contribution in [0, 0.1) is 6.92 Å². The van der Waals surface area contributed by atoms with Gasteiger partial charge >= 0.3 is 0 Å². The first-order valence-electron chi connectivity index (χ1n) is 6.36. The van der Waals surface area contributed by atoms with Gasteiger partial charge in [0.1, 0.15) is 0 Å². The Bertz CT molecular complexity index is 847. The lowest BCUT2D eigenvalue weighted by atomic mass is 10.1. The van der Waals surface area contributed by atoms with Gasteiger partial charge in [-0.3, -0.25) is 0 Å². The normalized spacial score (nSPS) is 12.1. The number of hydrogen-bond donors (Lipinski definition) is 1. The van der Waals surface area contributed by atoms with Gasteiger partial charge in [0.25, 0.3) is 0 Å². The molecule has 0 saturated heterocycles. The summed E-state index contributed by atoms with van der Waals surface area (Å²) in [5.74, 6) is -0.103. The van der Waals surface area contributed by atoms with Gasteiger partial charge in [-0.2, -0.15) is 0 Å². The molecule has 2 N–H and O–H groups in total. The van der Waals surface area contributed by atoms with E-state index in [9.17, 15) is 8.42 Å². The summed E-state index contributed by atoms with van der Waals surface area (Å²) in [7, 11) is -3.40. The van der Waals surface area contributed by atoms with Crippen molar-refractivity contribution in [2.75, 3.05) is 12.3 Å². The Kier molecular flexibility index (Phi) is 3.52. The number of fused-ring (bicyclic) bond motifs is 1. The molecule has 3 rings (SSSR count). The number of imidazole rings is 1. The number of aromatic nitrogens is 3. The molecule has 1 aromatic carbocycles. The number of hydrogen-bond acceptors (Lipinski definition) is 6. The van der Waals surface area contributed by atoms with Crippen LogP contribution in [0.1, 0.15) is 5.56 Å². The maximum atomic E-state index is 11.9. The number of nitrogens with two attached hydrogens (primary N) is 1. The molecule has 0 fully saturated rings. The van der Waals surface area contributed by atoms with Crippen LogP contribution in [0.25, 0.3) is 16.2 Å². The van der Waals surface area contributed by atoms with Crippen molar-refractivity contribution >= 4 is 26.1 Å². The molecule has 0 amide bonds. The summed E-state index contributed by atoms with van der Waals surface area (Å²) >= 11 is 1.06. The fourth-order valence-electron chi connectivity index (χ4n) is 1.91. The summed E-state index contributed by atoms with van der Waals surface area (Å²) in [6, 6.07) is 7.97. The second kappa shape index (κ2) is 5.21. The van der Waals surface area contributed by atoms with Gasteiger partial charge in [0.2, 0.25) is 19.1 Å². The molecule has 8 heteroatoms. The van der Waals surface area contributed by atoms with E-state index in [2.05, 4.69) is 10.1 Å². The van der Waals surface area contributed by atoms with Gasteiger partial charge in [0, 0.05) is 12.1 Å². The highest BCUT2D eigenvalue weighted by atomic mass is 32.2. The first-order valence-corrected chi connectivity index (χ1v) is 8.82. The average Bonchev–Trinajstić information content (AvgIpc) is 2.98. The molecule has 0 aliphatic rings. The summed E-state index contributed by atoms with van der Waals surface area (Å²) in [4.78, 5) is 4.99. The Morgan fingerprint density at radius 3 is 2.62 bits per heavy atom. The molecule has 3 aromatic rings. The number of sulfone groups is 1. The van der Waals surface area contributed by atoms with E-state index in [1.54, 1.807) is 6.20 Å². The molecule has 110 valence electrons. The van der Waals surface area contributed by atoms with Crippen molar-refractivity contribution in [2.45, 2.75) is 11.3 Å². The van der Waals surface area contributed by atoms with Crippen LogP contribution in [0.3, 0.4) is 0 Å². The minimum absolute atomic E-state index is 0.0610. The summed E-state index contributed by atoms with van der Waals surface area (Å²) in [5.41, 5.74) is 8.23. The number of aryl methyl sites for hydroxylation is 1. The summed E-state index contributed by atoms with van der Waals surface area (Å²) in [5, 5.41) is 4.10. The fraction of sp³-hybridized carbons (Fsp3) is 0.231. The third-order valence-corrected chi connectivity index (χ3v) is 6.14. The zero-order valence-electron chi connectivity index (χ0n) is 11.4. The molecule has 0 saturated carbocycles. The maximum absolute atomic E-state index is 11.9. The predicted molar refractivity (Wildman–Crippen MR) is 82.1 cm³/mol. The molecule has 21 heavy (non-hydrogen) atoms.